The molecular formula is C20H21Cl3N2O5. The molecule has 0 bridgehead atoms. The van der Waals surface area contributed by atoms with Gasteiger partial charge in [-0.25, -0.2) is 9.59 Å². The van der Waals surface area contributed by atoms with Gasteiger partial charge in [-0.3, -0.25) is 0 Å². The molecule has 1 N–H and O–H groups in total. The van der Waals surface area contributed by atoms with Crippen molar-refractivity contribution in [3.05, 3.63) is 38.5 Å². The molecule has 1 fully saturated rings. The van der Waals surface area contributed by atoms with Crippen molar-refractivity contribution >= 4 is 46.9 Å². The smallest absolute Gasteiger partial charge is 0.410 e. The normalized spacial score (nSPS) is 15.3. The molecule has 10 heteroatoms. The van der Waals surface area contributed by atoms with Crippen LogP contribution in [0.25, 0.3) is 11.3 Å². The lowest BCUT2D eigenvalue weighted by Crippen LogP contribution is -2.41. The lowest BCUT2D eigenvalue weighted by Gasteiger charge is -2.32. The number of ether oxygens (including phenoxy) is 1. The van der Waals surface area contributed by atoms with Gasteiger partial charge >= 0.3 is 12.1 Å². The summed E-state index contributed by atoms with van der Waals surface area (Å²) in [5.41, 5.74) is -0.131. The fourth-order valence-electron chi connectivity index (χ4n) is 3.38. The predicted molar refractivity (Wildman–Crippen MR) is 114 cm³/mol. The van der Waals surface area contributed by atoms with Crippen LogP contribution in [0.3, 0.4) is 0 Å². The molecule has 1 saturated heterocycles. The molecule has 0 aliphatic carbocycles. The van der Waals surface area contributed by atoms with Crippen molar-refractivity contribution in [3.8, 4) is 11.3 Å². The lowest BCUT2D eigenvalue weighted by molar-refractivity contribution is 0.0202. The Morgan fingerprint density at radius 3 is 2.23 bits per heavy atom. The van der Waals surface area contributed by atoms with Crippen molar-refractivity contribution in [2.45, 2.75) is 45.1 Å². The van der Waals surface area contributed by atoms with E-state index in [2.05, 4.69) is 5.16 Å². The van der Waals surface area contributed by atoms with Gasteiger partial charge in [-0.2, -0.15) is 0 Å². The summed E-state index contributed by atoms with van der Waals surface area (Å²) >= 11 is 18.4. The van der Waals surface area contributed by atoms with Crippen LogP contribution < -0.4 is 0 Å². The Labute approximate surface area is 188 Å². The fourth-order valence-corrected chi connectivity index (χ4v) is 4.37. The quantitative estimate of drug-likeness (QED) is 0.575. The molecule has 1 aliphatic heterocycles. The number of aromatic nitrogens is 1. The van der Waals surface area contributed by atoms with Crippen LogP contribution in [0.2, 0.25) is 15.1 Å². The van der Waals surface area contributed by atoms with Crippen LogP contribution in [0, 0.1) is 0 Å². The van der Waals surface area contributed by atoms with Gasteiger partial charge in [0.25, 0.3) is 0 Å². The van der Waals surface area contributed by atoms with Crippen LogP contribution in [0.4, 0.5) is 4.79 Å². The number of hydrogen-bond donors (Lipinski definition) is 1. The van der Waals surface area contributed by atoms with E-state index in [1.165, 1.54) is 12.1 Å². The van der Waals surface area contributed by atoms with Gasteiger partial charge in [0.05, 0.1) is 15.6 Å². The van der Waals surface area contributed by atoms with E-state index in [-0.39, 0.29) is 38.9 Å². The first-order valence-electron chi connectivity index (χ1n) is 9.33. The monoisotopic (exact) mass is 474 g/mol. The van der Waals surface area contributed by atoms with Crippen molar-refractivity contribution in [1.29, 1.82) is 0 Å². The van der Waals surface area contributed by atoms with E-state index in [1.54, 1.807) is 25.7 Å². The van der Waals surface area contributed by atoms with Gasteiger partial charge in [-0.15, -0.1) is 0 Å². The number of carbonyl (C=O) groups is 2. The molecule has 30 heavy (non-hydrogen) atoms. The predicted octanol–water partition coefficient (Wildman–Crippen LogP) is 6.11. The standard InChI is InChI=1S/C20H21Cl3N2O5/c1-20(2,3)29-19(28)25-6-4-10(5-7-25)16-15(18(26)27)17(30-24-16)14-12(22)8-11(21)9-13(14)23/h8-10H,4-7H2,1-3H3,(H,26,27). The van der Waals surface area contributed by atoms with E-state index in [0.717, 1.165) is 0 Å². The molecule has 162 valence electrons. The molecule has 2 aromatic rings. The number of likely N-dealkylation sites (tertiary alicyclic amines) is 1. The average Bonchev–Trinajstić information content (AvgIpc) is 3.04. The highest BCUT2D eigenvalue weighted by Crippen LogP contribution is 2.42. The summed E-state index contributed by atoms with van der Waals surface area (Å²) in [4.78, 5) is 25.9. The molecule has 1 amide bonds. The second-order valence-corrected chi connectivity index (χ2v) is 9.31. The third-order valence-electron chi connectivity index (χ3n) is 4.70. The minimum Gasteiger partial charge on any atom is -0.477 e. The Kier molecular flexibility index (Phi) is 6.55. The van der Waals surface area contributed by atoms with Crippen molar-refractivity contribution in [2.75, 3.05) is 13.1 Å². The molecule has 1 aliphatic rings. The van der Waals surface area contributed by atoms with Crippen molar-refractivity contribution in [2.24, 2.45) is 0 Å². The number of carboxylic acids is 1. The summed E-state index contributed by atoms with van der Waals surface area (Å²) in [7, 11) is 0. The second kappa shape index (κ2) is 8.65. The van der Waals surface area contributed by atoms with E-state index in [0.29, 0.717) is 36.6 Å². The van der Waals surface area contributed by atoms with Crippen LogP contribution >= 0.6 is 34.8 Å². The minimum atomic E-state index is -1.20. The summed E-state index contributed by atoms with van der Waals surface area (Å²) < 4.78 is 10.8. The topological polar surface area (TPSA) is 92.9 Å². The first kappa shape index (κ1) is 22.7. The molecule has 0 unspecified atom stereocenters. The number of aromatic carboxylic acids is 1. The Hall–Kier alpha value is -1.96. The van der Waals surface area contributed by atoms with E-state index in [4.69, 9.17) is 44.1 Å². The maximum atomic E-state index is 12.3. The number of rotatable bonds is 3. The van der Waals surface area contributed by atoms with Crippen molar-refractivity contribution in [3.63, 3.8) is 0 Å². The number of carboxylic acid groups (broad SMARTS) is 1. The van der Waals surface area contributed by atoms with Crippen LogP contribution in [0.15, 0.2) is 16.7 Å². The fraction of sp³-hybridized carbons (Fsp3) is 0.450. The molecule has 7 nitrogen and oxygen atoms in total. The van der Waals surface area contributed by atoms with Gasteiger partial charge in [-0.1, -0.05) is 40.0 Å². The molecule has 0 spiro atoms. The number of carbonyl (C=O) groups excluding carboxylic acids is 1. The Balaban J connectivity index is 1.86. The first-order chi connectivity index (χ1) is 14.0. The largest absolute Gasteiger partial charge is 0.477 e. The van der Waals surface area contributed by atoms with Crippen LogP contribution in [-0.2, 0) is 4.74 Å². The molecule has 3 rings (SSSR count). The number of benzene rings is 1. The number of hydrogen-bond acceptors (Lipinski definition) is 5. The zero-order valence-corrected chi connectivity index (χ0v) is 18.9. The number of amides is 1. The van der Waals surface area contributed by atoms with Gasteiger partial charge in [0.2, 0.25) is 0 Å². The molecule has 1 aromatic heterocycles. The van der Waals surface area contributed by atoms with Crippen LogP contribution in [0.1, 0.15) is 55.6 Å². The molecule has 0 atom stereocenters. The number of piperidine rings is 1. The van der Waals surface area contributed by atoms with Crippen molar-refractivity contribution in [1.82, 2.24) is 10.1 Å². The summed E-state index contributed by atoms with van der Waals surface area (Å²) in [5.74, 6) is -1.41. The summed E-state index contributed by atoms with van der Waals surface area (Å²) in [5, 5.41) is 14.5. The summed E-state index contributed by atoms with van der Waals surface area (Å²) in [6, 6.07) is 2.91. The van der Waals surface area contributed by atoms with E-state index >= 15 is 0 Å². The van der Waals surface area contributed by atoms with Crippen LogP contribution in [-0.4, -0.2) is 45.9 Å². The summed E-state index contributed by atoms with van der Waals surface area (Å²) in [6.45, 7) is 6.26. The second-order valence-electron chi connectivity index (χ2n) is 8.06. The highest BCUT2D eigenvalue weighted by atomic mass is 35.5. The van der Waals surface area contributed by atoms with Gasteiger partial charge in [-0.05, 0) is 45.7 Å². The molecule has 0 saturated carbocycles. The Morgan fingerprint density at radius 1 is 1.17 bits per heavy atom. The lowest BCUT2D eigenvalue weighted by atomic mass is 9.90. The maximum Gasteiger partial charge on any atom is 0.410 e. The van der Waals surface area contributed by atoms with E-state index in [1.807, 2.05) is 0 Å². The third-order valence-corrected chi connectivity index (χ3v) is 5.51. The zero-order chi connectivity index (χ0) is 22.2. The van der Waals surface area contributed by atoms with Gasteiger partial charge < -0.3 is 19.3 Å². The molecular weight excluding hydrogens is 455 g/mol. The van der Waals surface area contributed by atoms with E-state index < -0.39 is 11.6 Å². The van der Waals surface area contributed by atoms with Gasteiger partial charge in [0, 0.05) is 24.0 Å². The SMILES string of the molecule is CC(C)(C)OC(=O)N1CCC(c2noc(-c3c(Cl)cc(Cl)cc3Cl)c2C(=O)O)CC1. The minimum absolute atomic E-state index is 0.0151. The Morgan fingerprint density at radius 2 is 1.73 bits per heavy atom. The van der Waals surface area contributed by atoms with Gasteiger partial charge in [0.15, 0.2) is 5.76 Å². The molecule has 1 aromatic carbocycles. The number of halogens is 3. The average molecular weight is 476 g/mol. The molecule has 0 radical (unpaired) electrons. The maximum absolute atomic E-state index is 12.3. The van der Waals surface area contributed by atoms with Gasteiger partial charge in [0.1, 0.15) is 16.9 Å². The highest BCUT2D eigenvalue weighted by Gasteiger charge is 2.34. The zero-order valence-electron chi connectivity index (χ0n) is 16.7. The Bertz CT molecular complexity index is 952. The molecule has 2 heterocycles. The first-order valence-corrected chi connectivity index (χ1v) is 10.5. The van der Waals surface area contributed by atoms with Crippen LogP contribution in [0.5, 0.6) is 0 Å². The highest BCUT2D eigenvalue weighted by molar-refractivity contribution is 6.41. The van der Waals surface area contributed by atoms with Crippen molar-refractivity contribution < 1.29 is 24.0 Å². The summed E-state index contributed by atoms with van der Waals surface area (Å²) in [6.07, 6.45) is 0.654. The third kappa shape index (κ3) is 4.85. The number of nitrogens with zero attached hydrogens (tertiary/aromatic N) is 2. The van der Waals surface area contributed by atoms with E-state index in [9.17, 15) is 14.7 Å².